The van der Waals surface area contributed by atoms with Crippen molar-refractivity contribution < 1.29 is 18.7 Å². The van der Waals surface area contributed by atoms with Gasteiger partial charge in [-0.15, -0.1) is 0 Å². The molecule has 4 aromatic rings. The van der Waals surface area contributed by atoms with E-state index in [9.17, 15) is 14.4 Å². The van der Waals surface area contributed by atoms with Crippen molar-refractivity contribution >= 4 is 22.8 Å². The maximum absolute atomic E-state index is 12.9. The number of carbonyl (C=O) groups is 2. The van der Waals surface area contributed by atoms with E-state index in [-0.39, 0.29) is 16.9 Å². The van der Waals surface area contributed by atoms with E-state index in [2.05, 4.69) is 17.4 Å². The highest BCUT2D eigenvalue weighted by Crippen LogP contribution is 2.22. The first kappa shape index (κ1) is 22.0. The van der Waals surface area contributed by atoms with Gasteiger partial charge in [-0.05, 0) is 55.2 Å². The third kappa shape index (κ3) is 5.18. The van der Waals surface area contributed by atoms with Crippen LogP contribution in [0, 0.1) is 0 Å². The second-order valence-corrected chi connectivity index (χ2v) is 7.54. The second-order valence-electron chi connectivity index (χ2n) is 7.54. The molecule has 0 aliphatic rings. The Hall–Kier alpha value is -4.19. The van der Waals surface area contributed by atoms with E-state index < -0.39 is 17.5 Å². The van der Waals surface area contributed by atoms with Crippen LogP contribution in [0.1, 0.15) is 38.8 Å². The van der Waals surface area contributed by atoms with Crippen molar-refractivity contribution in [3.63, 3.8) is 0 Å². The Morgan fingerprint density at radius 1 is 0.879 bits per heavy atom. The molecule has 4 rings (SSSR count). The lowest BCUT2D eigenvalue weighted by Gasteiger charge is -2.10. The van der Waals surface area contributed by atoms with Gasteiger partial charge in [-0.2, -0.15) is 0 Å². The smallest absolute Gasteiger partial charge is 0.349 e. The summed E-state index contributed by atoms with van der Waals surface area (Å²) in [6, 6.07) is 23.6. The van der Waals surface area contributed by atoms with Gasteiger partial charge in [0.1, 0.15) is 16.9 Å². The SMILES string of the molecule is CCNC(=O)c1cc2ccc(OC(=O)c3ccccc3CCc3ccccc3)cc2oc1=O. The molecule has 0 fully saturated rings. The van der Waals surface area contributed by atoms with Gasteiger partial charge in [0.05, 0.1) is 5.56 Å². The average molecular weight is 441 g/mol. The van der Waals surface area contributed by atoms with Crippen LogP contribution in [-0.4, -0.2) is 18.4 Å². The fraction of sp³-hybridized carbons (Fsp3) is 0.148. The molecule has 0 atom stereocenters. The highest BCUT2D eigenvalue weighted by atomic mass is 16.5. The van der Waals surface area contributed by atoms with Crippen molar-refractivity contribution in [2.75, 3.05) is 6.54 Å². The van der Waals surface area contributed by atoms with Gasteiger partial charge in [0.15, 0.2) is 0 Å². The van der Waals surface area contributed by atoms with Crippen LogP contribution in [0.2, 0.25) is 0 Å². The first-order valence-electron chi connectivity index (χ1n) is 10.8. The van der Waals surface area contributed by atoms with Crippen LogP contribution in [0.5, 0.6) is 5.75 Å². The number of esters is 1. The Balaban J connectivity index is 1.54. The normalized spacial score (nSPS) is 10.7. The van der Waals surface area contributed by atoms with E-state index in [0.29, 0.717) is 23.9 Å². The number of nitrogens with one attached hydrogen (secondary N) is 1. The highest BCUT2D eigenvalue weighted by molar-refractivity contribution is 5.97. The zero-order valence-corrected chi connectivity index (χ0v) is 18.2. The van der Waals surface area contributed by atoms with Crippen molar-refractivity contribution in [1.82, 2.24) is 5.32 Å². The summed E-state index contributed by atoms with van der Waals surface area (Å²) < 4.78 is 10.9. The van der Waals surface area contributed by atoms with E-state index in [4.69, 9.17) is 9.15 Å². The number of carbonyl (C=O) groups excluding carboxylic acids is 2. The molecule has 0 saturated heterocycles. The zero-order chi connectivity index (χ0) is 23.2. The lowest BCUT2D eigenvalue weighted by molar-refractivity contribution is 0.0733. The van der Waals surface area contributed by atoms with Crippen LogP contribution in [-0.2, 0) is 12.8 Å². The van der Waals surface area contributed by atoms with Crippen molar-refractivity contribution in [1.29, 1.82) is 0 Å². The molecule has 0 radical (unpaired) electrons. The molecule has 0 spiro atoms. The zero-order valence-electron chi connectivity index (χ0n) is 18.2. The summed E-state index contributed by atoms with van der Waals surface area (Å²) in [5, 5.41) is 3.14. The molecule has 0 aliphatic heterocycles. The van der Waals surface area contributed by atoms with Gasteiger partial charge in [-0.1, -0.05) is 48.5 Å². The van der Waals surface area contributed by atoms with Gasteiger partial charge in [0, 0.05) is 18.0 Å². The van der Waals surface area contributed by atoms with Crippen LogP contribution in [0.15, 0.2) is 88.1 Å². The summed E-state index contributed by atoms with van der Waals surface area (Å²) in [6.07, 6.45) is 1.50. The van der Waals surface area contributed by atoms with Gasteiger partial charge in [-0.3, -0.25) is 4.79 Å². The number of hydrogen-bond donors (Lipinski definition) is 1. The highest BCUT2D eigenvalue weighted by Gasteiger charge is 2.16. The molecule has 1 heterocycles. The van der Waals surface area contributed by atoms with Crippen LogP contribution >= 0.6 is 0 Å². The summed E-state index contributed by atoms with van der Waals surface area (Å²) in [7, 11) is 0. The molecular weight excluding hydrogens is 418 g/mol. The van der Waals surface area contributed by atoms with Gasteiger partial charge in [0.25, 0.3) is 5.91 Å². The Labute approximate surface area is 190 Å². The molecule has 33 heavy (non-hydrogen) atoms. The number of benzene rings is 3. The molecule has 0 unspecified atom stereocenters. The summed E-state index contributed by atoms with van der Waals surface area (Å²) in [5.74, 6) is -0.727. The number of ether oxygens (including phenoxy) is 1. The lowest BCUT2D eigenvalue weighted by Crippen LogP contribution is -2.27. The van der Waals surface area contributed by atoms with Gasteiger partial charge < -0.3 is 14.5 Å². The maximum atomic E-state index is 12.9. The Bertz CT molecular complexity index is 1360. The predicted octanol–water partition coefficient (Wildman–Crippen LogP) is 4.55. The Morgan fingerprint density at radius 3 is 2.42 bits per heavy atom. The maximum Gasteiger partial charge on any atom is 0.349 e. The van der Waals surface area contributed by atoms with Crippen LogP contribution in [0.4, 0.5) is 0 Å². The largest absolute Gasteiger partial charge is 0.423 e. The second kappa shape index (κ2) is 9.96. The molecule has 3 aromatic carbocycles. The van der Waals surface area contributed by atoms with Gasteiger partial charge in [-0.25, -0.2) is 9.59 Å². The molecule has 0 aliphatic carbocycles. The van der Waals surface area contributed by atoms with E-state index in [1.807, 2.05) is 30.3 Å². The van der Waals surface area contributed by atoms with Gasteiger partial charge >= 0.3 is 11.6 Å². The molecule has 6 nitrogen and oxygen atoms in total. The first-order valence-corrected chi connectivity index (χ1v) is 10.8. The Kier molecular flexibility index (Phi) is 6.64. The molecular formula is C27H23NO5. The molecule has 166 valence electrons. The van der Waals surface area contributed by atoms with Crippen molar-refractivity contribution in [3.8, 4) is 5.75 Å². The third-order valence-electron chi connectivity index (χ3n) is 5.26. The van der Waals surface area contributed by atoms with Crippen LogP contribution in [0.25, 0.3) is 11.0 Å². The molecule has 0 bridgehead atoms. The summed E-state index contributed by atoms with van der Waals surface area (Å²) in [4.78, 5) is 37.1. The molecule has 1 aromatic heterocycles. The predicted molar refractivity (Wildman–Crippen MR) is 126 cm³/mol. The van der Waals surface area contributed by atoms with E-state index >= 15 is 0 Å². The lowest BCUT2D eigenvalue weighted by atomic mass is 10.00. The number of amides is 1. The summed E-state index contributed by atoms with van der Waals surface area (Å²) >= 11 is 0. The number of rotatable bonds is 7. The minimum atomic E-state index is -0.747. The van der Waals surface area contributed by atoms with Crippen molar-refractivity contribution in [2.45, 2.75) is 19.8 Å². The third-order valence-corrected chi connectivity index (χ3v) is 5.26. The fourth-order valence-electron chi connectivity index (χ4n) is 3.59. The number of aryl methyl sites for hydroxylation is 2. The minimum Gasteiger partial charge on any atom is -0.423 e. The topological polar surface area (TPSA) is 85.6 Å². The average Bonchev–Trinajstić information content (AvgIpc) is 2.83. The monoisotopic (exact) mass is 441 g/mol. The standard InChI is InChI=1S/C27H23NO5/c1-2-28-25(29)23-16-20-14-15-21(17-24(20)33-27(23)31)32-26(30)22-11-7-6-10-19(22)13-12-18-8-4-3-5-9-18/h3-11,14-17H,2,12-13H2,1H3,(H,28,29). The molecule has 1 N–H and O–H groups in total. The van der Waals surface area contributed by atoms with Crippen molar-refractivity contribution in [2.24, 2.45) is 0 Å². The van der Waals surface area contributed by atoms with Gasteiger partial charge in [0.2, 0.25) is 0 Å². The number of hydrogen-bond acceptors (Lipinski definition) is 5. The summed E-state index contributed by atoms with van der Waals surface area (Å²) in [6.45, 7) is 2.17. The summed E-state index contributed by atoms with van der Waals surface area (Å²) in [5.41, 5.74) is 1.99. The molecule has 6 heteroatoms. The van der Waals surface area contributed by atoms with Crippen molar-refractivity contribution in [3.05, 3.63) is 112 Å². The fourth-order valence-corrected chi connectivity index (χ4v) is 3.59. The Morgan fingerprint density at radius 2 is 1.64 bits per heavy atom. The quantitative estimate of drug-likeness (QED) is 0.258. The minimum absolute atomic E-state index is 0.0681. The van der Waals surface area contributed by atoms with Crippen LogP contribution < -0.4 is 15.7 Å². The molecule has 0 saturated carbocycles. The van der Waals surface area contributed by atoms with E-state index in [1.54, 1.807) is 31.2 Å². The van der Waals surface area contributed by atoms with E-state index in [1.165, 1.54) is 17.7 Å². The first-order chi connectivity index (χ1) is 16.0. The molecule has 1 amide bonds. The van der Waals surface area contributed by atoms with Crippen LogP contribution in [0.3, 0.4) is 0 Å². The number of fused-ring (bicyclic) bond motifs is 1. The van der Waals surface area contributed by atoms with E-state index in [0.717, 1.165) is 12.0 Å².